The van der Waals surface area contributed by atoms with Crippen LogP contribution in [0.3, 0.4) is 0 Å². The molecule has 2 aromatic rings. The molecule has 0 spiro atoms. The second-order valence-electron chi connectivity index (χ2n) is 7.43. The van der Waals surface area contributed by atoms with E-state index < -0.39 is 4.92 Å². The molecule has 1 unspecified atom stereocenters. The molecule has 0 bridgehead atoms. The molecule has 2 aliphatic rings. The predicted molar refractivity (Wildman–Crippen MR) is 110 cm³/mol. The smallest absolute Gasteiger partial charge is 0.292 e. The molecule has 0 radical (unpaired) electrons. The third-order valence-electron chi connectivity index (χ3n) is 5.54. The van der Waals surface area contributed by atoms with Crippen molar-refractivity contribution in [3.63, 3.8) is 0 Å². The highest BCUT2D eigenvalue weighted by Gasteiger charge is 2.26. The Morgan fingerprint density at radius 2 is 1.93 bits per heavy atom. The van der Waals surface area contributed by atoms with Crippen LogP contribution in [0.2, 0.25) is 0 Å². The van der Waals surface area contributed by atoms with Gasteiger partial charge in [0.05, 0.1) is 24.2 Å². The Hall–Kier alpha value is -3.04. The van der Waals surface area contributed by atoms with Gasteiger partial charge in [0.1, 0.15) is 11.5 Å². The molecule has 1 amide bonds. The van der Waals surface area contributed by atoms with Gasteiger partial charge in [-0.2, -0.15) is 0 Å². The molecule has 0 saturated carbocycles. The van der Waals surface area contributed by atoms with Gasteiger partial charge in [-0.3, -0.25) is 19.8 Å². The topological polar surface area (TPSA) is 96.7 Å². The van der Waals surface area contributed by atoms with Gasteiger partial charge in [-0.25, -0.2) is 4.39 Å². The van der Waals surface area contributed by atoms with E-state index in [-0.39, 0.29) is 23.5 Å². The van der Waals surface area contributed by atoms with Crippen LogP contribution in [0, 0.1) is 15.9 Å². The van der Waals surface area contributed by atoms with Crippen molar-refractivity contribution >= 4 is 23.0 Å². The van der Waals surface area contributed by atoms with Crippen LogP contribution in [-0.4, -0.2) is 48.6 Å². The summed E-state index contributed by atoms with van der Waals surface area (Å²) in [5.41, 5.74) is 2.60. The van der Waals surface area contributed by atoms with Gasteiger partial charge >= 0.3 is 0 Å². The van der Waals surface area contributed by atoms with Crippen LogP contribution in [0.4, 0.5) is 21.5 Å². The summed E-state index contributed by atoms with van der Waals surface area (Å²) in [4.78, 5) is 25.2. The number of nitro groups is 1. The number of amides is 1. The molecule has 2 heterocycles. The van der Waals surface area contributed by atoms with Crippen LogP contribution in [-0.2, 0) is 16.0 Å². The number of fused-ring (bicyclic) bond motifs is 1. The molecule has 2 N–H and O–H groups in total. The van der Waals surface area contributed by atoms with Crippen LogP contribution >= 0.6 is 0 Å². The molecule has 0 aliphatic carbocycles. The first kappa shape index (κ1) is 20.2. The number of anilines is 2. The fourth-order valence-electron chi connectivity index (χ4n) is 3.95. The van der Waals surface area contributed by atoms with Gasteiger partial charge in [0, 0.05) is 37.8 Å². The normalized spacial score (nSPS) is 17.7. The van der Waals surface area contributed by atoms with Gasteiger partial charge in [-0.15, -0.1) is 0 Å². The van der Waals surface area contributed by atoms with Crippen LogP contribution in [0.5, 0.6) is 0 Å². The van der Waals surface area contributed by atoms with Crippen molar-refractivity contribution < 1.29 is 18.8 Å². The monoisotopic (exact) mass is 414 g/mol. The van der Waals surface area contributed by atoms with Gasteiger partial charge in [0.15, 0.2) is 0 Å². The number of hydrogen-bond acceptors (Lipinski definition) is 6. The number of hydrogen-bond donors (Lipinski definition) is 2. The average Bonchev–Trinajstić information content (AvgIpc) is 2.75. The summed E-state index contributed by atoms with van der Waals surface area (Å²) >= 11 is 0. The molecule has 9 heteroatoms. The highest BCUT2D eigenvalue weighted by molar-refractivity contribution is 5.95. The maximum Gasteiger partial charge on any atom is 0.292 e. The lowest BCUT2D eigenvalue weighted by molar-refractivity contribution is -0.384. The number of carbonyl (C=O) groups is 1. The summed E-state index contributed by atoms with van der Waals surface area (Å²) in [6, 6.07) is 9.35. The SMILES string of the molecule is O=C1CCc2cc([N+](=O)[O-])c(NCC(c3ccc(F)cc3)N3CCOCC3)cc2N1. The van der Waals surface area contributed by atoms with Gasteiger partial charge in [0.2, 0.25) is 5.91 Å². The summed E-state index contributed by atoms with van der Waals surface area (Å²) in [6.07, 6.45) is 0.800. The lowest BCUT2D eigenvalue weighted by Gasteiger charge is -2.35. The third kappa shape index (κ3) is 4.42. The number of morpholine rings is 1. The molecule has 4 rings (SSSR count). The number of rotatable bonds is 6. The fraction of sp³-hybridized carbons (Fsp3) is 0.381. The maximum absolute atomic E-state index is 13.4. The Morgan fingerprint density at radius 1 is 1.20 bits per heavy atom. The summed E-state index contributed by atoms with van der Waals surface area (Å²) in [6.45, 7) is 3.02. The van der Waals surface area contributed by atoms with E-state index in [1.807, 2.05) is 0 Å². The minimum absolute atomic E-state index is 0.0234. The first-order chi connectivity index (χ1) is 14.5. The Morgan fingerprint density at radius 3 is 2.63 bits per heavy atom. The predicted octanol–water partition coefficient (Wildman–Crippen LogP) is 3.10. The molecular weight excluding hydrogens is 391 g/mol. The van der Waals surface area contributed by atoms with E-state index in [2.05, 4.69) is 15.5 Å². The van der Waals surface area contributed by atoms with Crippen LogP contribution < -0.4 is 10.6 Å². The van der Waals surface area contributed by atoms with E-state index in [1.54, 1.807) is 18.2 Å². The number of nitro benzene ring substituents is 1. The van der Waals surface area contributed by atoms with E-state index in [0.29, 0.717) is 57.1 Å². The zero-order valence-electron chi connectivity index (χ0n) is 16.4. The Kier molecular flexibility index (Phi) is 5.91. The first-order valence-electron chi connectivity index (χ1n) is 9.93. The Labute approximate surface area is 173 Å². The number of nitrogens with one attached hydrogen (secondary N) is 2. The molecule has 30 heavy (non-hydrogen) atoms. The largest absolute Gasteiger partial charge is 0.379 e. The van der Waals surface area contributed by atoms with Crippen molar-refractivity contribution in [2.24, 2.45) is 0 Å². The van der Waals surface area contributed by atoms with Crippen molar-refractivity contribution in [2.75, 3.05) is 43.5 Å². The van der Waals surface area contributed by atoms with Gasteiger partial charge in [-0.1, -0.05) is 12.1 Å². The van der Waals surface area contributed by atoms with Crippen molar-refractivity contribution in [3.05, 3.63) is 63.5 Å². The van der Waals surface area contributed by atoms with Gasteiger partial charge in [-0.05, 0) is 35.7 Å². The first-order valence-corrected chi connectivity index (χ1v) is 9.93. The maximum atomic E-state index is 13.4. The van der Waals surface area contributed by atoms with Crippen molar-refractivity contribution in [3.8, 4) is 0 Å². The molecular formula is C21H23FN4O4. The minimum atomic E-state index is -0.416. The number of halogens is 1. The molecule has 0 aromatic heterocycles. The van der Waals surface area contributed by atoms with E-state index in [1.165, 1.54) is 18.2 Å². The number of ether oxygens (including phenoxy) is 1. The van der Waals surface area contributed by atoms with Crippen LogP contribution in [0.1, 0.15) is 23.6 Å². The number of carbonyl (C=O) groups excluding carboxylic acids is 1. The number of aryl methyl sites for hydroxylation is 1. The number of nitrogens with zero attached hydrogens (tertiary/aromatic N) is 2. The standard InChI is InChI=1S/C21H23FN4O4/c22-16-4-1-14(2-5-16)20(25-7-9-30-10-8-25)13-23-18-12-17-15(3-6-21(27)24-17)11-19(18)26(28)29/h1-2,4-5,11-12,20,23H,3,6-10,13H2,(H,24,27). The molecule has 1 atom stereocenters. The van der Waals surface area contributed by atoms with E-state index in [0.717, 1.165) is 11.1 Å². The fourth-order valence-corrected chi connectivity index (χ4v) is 3.95. The molecule has 8 nitrogen and oxygen atoms in total. The summed E-state index contributed by atoms with van der Waals surface area (Å²) < 4.78 is 18.9. The zero-order valence-corrected chi connectivity index (χ0v) is 16.4. The van der Waals surface area contributed by atoms with Gasteiger partial charge < -0.3 is 15.4 Å². The molecule has 2 aromatic carbocycles. The Balaban J connectivity index is 1.61. The highest BCUT2D eigenvalue weighted by atomic mass is 19.1. The summed E-state index contributed by atoms with van der Waals surface area (Å²) in [5, 5.41) is 17.6. The minimum Gasteiger partial charge on any atom is -0.379 e. The van der Waals surface area contributed by atoms with Crippen molar-refractivity contribution in [1.82, 2.24) is 4.90 Å². The molecule has 2 aliphatic heterocycles. The highest BCUT2D eigenvalue weighted by Crippen LogP contribution is 2.35. The Bertz CT molecular complexity index is 945. The number of benzene rings is 2. The lowest BCUT2D eigenvalue weighted by Crippen LogP contribution is -2.41. The van der Waals surface area contributed by atoms with Crippen LogP contribution in [0.15, 0.2) is 36.4 Å². The van der Waals surface area contributed by atoms with Crippen molar-refractivity contribution in [2.45, 2.75) is 18.9 Å². The second kappa shape index (κ2) is 8.76. The lowest BCUT2D eigenvalue weighted by atomic mass is 10.0. The molecule has 158 valence electrons. The zero-order chi connectivity index (χ0) is 21.1. The van der Waals surface area contributed by atoms with E-state index >= 15 is 0 Å². The van der Waals surface area contributed by atoms with Gasteiger partial charge in [0.25, 0.3) is 5.69 Å². The summed E-state index contributed by atoms with van der Waals surface area (Å²) in [7, 11) is 0. The van der Waals surface area contributed by atoms with Crippen LogP contribution in [0.25, 0.3) is 0 Å². The molecule has 1 saturated heterocycles. The van der Waals surface area contributed by atoms with E-state index in [4.69, 9.17) is 4.74 Å². The second-order valence-corrected chi connectivity index (χ2v) is 7.43. The quantitative estimate of drug-likeness (QED) is 0.557. The molecule has 1 fully saturated rings. The van der Waals surface area contributed by atoms with Crippen molar-refractivity contribution in [1.29, 1.82) is 0 Å². The summed E-state index contributed by atoms with van der Waals surface area (Å²) in [5.74, 6) is -0.409. The van der Waals surface area contributed by atoms with E-state index in [9.17, 15) is 19.3 Å². The third-order valence-corrected chi connectivity index (χ3v) is 5.54. The average molecular weight is 414 g/mol.